The van der Waals surface area contributed by atoms with Crippen molar-refractivity contribution >= 4 is 11.9 Å². The van der Waals surface area contributed by atoms with Crippen LogP contribution in [-0.2, 0) is 4.79 Å². The maximum absolute atomic E-state index is 13.2. The summed E-state index contributed by atoms with van der Waals surface area (Å²) in [5.41, 5.74) is -0.636. The molecule has 0 aromatic heterocycles. The van der Waals surface area contributed by atoms with E-state index in [9.17, 15) is 14.0 Å². The highest BCUT2D eigenvalue weighted by Crippen LogP contribution is 2.21. The summed E-state index contributed by atoms with van der Waals surface area (Å²) in [5, 5.41) is 11.3. The number of carbonyl (C=O) groups excluding carboxylic acids is 1. The van der Waals surface area contributed by atoms with Gasteiger partial charge in [-0.15, -0.1) is 0 Å². The lowest BCUT2D eigenvalue weighted by molar-refractivity contribution is -0.137. The molecule has 0 aliphatic heterocycles. The number of carboxylic acids is 1. The number of ether oxygens (including phenoxy) is 1. The van der Waals surface area contributed by atoms with Crippen LogP contribution >= 0.6 is 0 Å². The number of carboxylic acid groups (broad SMARTS) is 1. The zero-order valence-corrected chi connectivity index (χ0v) is 11.7. The van der Waals surface area contributed by atoms with Gasteiger partial charge in [-0.2, -0.15) is 0 Å². The molecule has 20 heavy (non-hydrogen) atoms. The number of carbonyl (C=O) groups is 2. The van der Waals surface area contributed by atoms with Crippen LogP contribution in [0.5, 0.6) is 5.75 Å². The molecule has 0 saturated heterocycles. The molecule has 1 rings (SSSR count). The molecule has 0 saturated carbocycles. The van der Waals surface area contributed by atoms with Crippen molar-refractivity contribution in [2.75, 3.05) is 7.11 Å². The van der Waals surface area contributed by atoms with E-state index in [1.54, 1.807) is 13.8 Å². The highest BCUT2D eigenvalue weighted by atomic mass is 19.1. The fourth-order valence-electron chi connectivity index (χ4n) is 1.71. The van der Waals surface area contributed by atoms with Gasteiger partial charge in [0, 0.05) is 12.0 Å². The maximum atomic E-state index is 13.2. The number of amides is 1. The van der Waals surface area contributed by atoms with Crippen LogP contribution in [0.2, 0.25) is 0 Å². The van der Waals surface area contributed by atoms with Crippen LogP contribution in [0, 0.1) is 5.82 Å². The summed E-state index contributed by atoms with van der Waals surface area (Å²) in [6.07, 6.45) is 0.208. The van der Waals surface area contributed by atoms with Gasteiger partial charge in [0.1, 0.15) is 11.6 Å². The smallest absolute Gasteiger partial charge is 0.303 e. The molecule has 0 fully saturated rings. The van der Waals surface area contributed by atoms with Gasteiger partial charge in [0.15, 0.2) is 0 Å². The highest BCUT2D eigenvalue weighted by Gasteiger charge is 2.24. The summed E-state index contributed by atoms with van der Waals surface area (Å²) >= 11 is 0. The molecule has 0 heterocycles. The third kappa shape index (κ3) is 4.53. The molecule has 1 amide bonds. The number of hydrogen-bond donors (Lipinski definition) is 2. The van der Waals surface area contributed by atoms with Crippen molar-refractivity contribution < 1.29 is 23.8 Å². The van der Waals surface area contributed by atoms with Gasteiger partial charge in [0.05, 0.1) is 12.7 Å². The van der Waals surface area contributed by atoms with Gasteiger partial charge in [0.25, 0.3) is 5.91 Å². The first-order valence-corrected chi connectivity index (χ1v) is 6.13. The largest absolute Gasteiger partial charge is 0.496 e. The maximum Gasteiger partial charge on any atom is 0.303 e. The van der Waals surface area contributed by atoms with Crippen LogP contribution in [0.4, 0.5) is 4.39 Å². The first-order chi connectivity index (χ1) is 9.25. The normalized spacial score (nSPS) is 11.0. The Balaban J connectivity index is 2.85. The van der Waals surface area contributed by atoms with Crippen molar-refractivity contribution in [2.24, 2.45) is 0 Å². The van der Waals surface area contributed by atoms with Crippen LogP contribution in [-0.4, -0.2) is 29.6 Å². The van der Waals surface area contributed by atoms with Crippen molar-refractivity contribution in [3.8, 4) is 5.75 Å². The Morgan fingerprint density at radius 1 is 1.40 bits per heavy atom. The molecule has 1 aromatic rings. The van der Waals surface area contributed by atoms with Crippen LogP contribution in [0.3, 0.4) is 0 Å². The van der Waals surface area contributed by atoms with E-state index >= 15 is 0 Å². The molecule has 110 valence electrons. The lowest BCUT2D eigenvalue weighted by atomic mass is 9.97. The van der Waals surface area contributed by atoms with Crippen molar-refractivity contribution in [3.05, 3.63) is 29.6 Å². The van der Waals surface area contributed by atoms with Crippen molar-refractivity contribution in [3.63, 3.8) is 0 Å². The van der Waals surface area contributed by atoms with E-state index < -0.39 is 23.2 Å². The summed E-state index contributed by atoms with van der Waals surface area (Å²) in [5.74, 6) is -1.72. The number of nitrogens with one attached hydrogen (secondary N) is 1. The Hall–Kier alpha value is -2.11. The fourth-order valence-corrected chi connectivity index (χ4v) is 1.71. The van der Waals surface area contributed by atoms with E-state index in [-0.39, 0.29) is 24.2 Å². The van der Waals surface area contributed by atoms with Crippen LogP contribution < -0.4 is 10.1 Å². The second kappa shape index (κ2) is 6.36. The van der Waals surface area contributed by atoms with Crippen LogP contribution in [0.1, 0.15) is 37.0 Å². The van der Waals surface area contributed by atoms with Crippen LogP contribution in [0.25, 0.3) is 0 Å². The minimum atomic E-state index is -0.935. The summed E-state index contributed by atoms with van der Waals surface area (Å²) in [7, 11) is 1.39. The molecule has 0 unspecified atom stereocenters. The van der Waals surface area contributed by atoms with E-state index in [2.05, 4.69) is 5.32 Å². The highest BCUT2D eigenvalue weighted by molar-refractivity contribution is 5.97. The number of rotatable bonds is 6. The third-order valence-electron chi connectivity index (χ3n) is 2.82. The van der Waals surface area contributed by atoms with Crippen LogP contribution in [0.15, 0.2) is 18.2 Å². The van der Waals surface area contributed by atoms with E-state index in [0.717, 1.165) is 6.07 Å². The predicted octanol–water partition coefficient (Wildman–Crippen LogP) is 2.21. The Labute approximate surface area is 116 Å². The van der Waals surface area contributed by atoms with Crippen molar-refractivity contribution in [1.82, 2.24) is 5.32 Å². The van der Waals surface area contributed by atoms with Gasteiger partial charge in [-0.25, -0.2) is 4.39 Å². The van der Waals surface area contributed by atoms with Crippen molar-refractivity contribution in [2.45, 2.75) is 32.2 Å². The van der Waals surface area contributed by atoms with Gasteiger partial charge in [0.2, 0.25) is 0 Å². The summed E-state index contributed by atoms with van der Waals surface area (Å²) in [6.45, 7) is 3.42. The van der Waals surface area contributed by atoms with Gasteiger partial charge in [-0.05, 0) is 38.5 Å². The minimum Gasteiger partial charge on any atom is -0.496 e. The Morgan fingerprint density at radius 3 is 2.60 bits per heavy atom. The molecule has 2 N–H and O–H groups in total. The van der Waals surface area contributed by atoms with E-state index in [0.29, 0.717) is 0 Å². The first kappa shape index (κ1) is 15.9. The lowest BCUT2D eigenvalue weighted by Crippen LogP contribution is -2.43. The van der Waals surface area contributed by atoms with Gasteiger partial charge >= 0.3 is 5.97 Å². The number of benzene rings is 1. The molecule has 0 aliphatic rings. The fraction of sp³-hybridized carbons (Fsp3) is 0.429. The molecule has 0 radical (unpaired) electrons. The number of methoxy groups -OCH3 is 1. The molecule has 0 aliphatic carbocycles. The van der Waals surface area contributed by atoms with E-state index in [4.69, 9.17) is 9.84 Å². The Bertz CT molecular complexity index is 514. The monoisotopic (exact) mass is 283 g/mol. The molecule has 1 aromatic carbocycles. The lowest BCUT2D eigenvalue weighted by Gasteiger charge is -2.26. The number of hydrogen-bond acceptors (Lipinski definition) is 3. The first-order valence-electron chi connectivity index (χ1n) is 6.13. The molecule has 0 spiro atoms. The SMILES string of the molecule is COc1ccc(F)cc1C(=O)NC(C)(C)CCC(=O)O. The zero-order valence-electron chi connectivity index (χ0n) is 11.7. The molecule has 0 bridgehead atoms. The van der Waals surface area contributed by atoms with Gasteiger partial charge < -0.3 is 15.2 Å². The number of aliphatic carboxylic acids is 1. The second-order valence-electron chi connectivity index (χ2n) is 5.08. The average molecular weight is 283 g/mol. The molecule has 6 heteroatoms. The van der Waals surface area contributed by atoms with E-state index in [1.165, 1.54) is 19.2 Å². The summed E-state index contributed by atoms with van der Waals surface area (Å²) in [6, 6.07) is 3.65. The molecular formula is C14H18FNO4. The molecule has 0 atom stereocenters. The molecular weight excluding hydrogens is 265 g/mol. The van der Waals surface area contributed by atoms with Gasteiger partial charge in [-0.3, -0.25) is 9.59 Å². The van der Waals surface area contributed by atoms with Crippen molar-refractivity contribution in [1.29, 1.82) is 0 Å². The average Bonchev–Trinajstić information content (AvgIpc) is 2.36. The third-order valence-corrected chi connectivity index (χ3v) is 2.82. The quantitative estimate of drug-likeness (QED) is 0.839. The van der Waals surface area contributed by atoms with Gasteiger partial charge in [-0.1, -0.05) is 0 Å². The second-order valence-corrected chi connectivity index (χ2v) is 5.08. The predicted molar refractivity (Wildman–Crippen MR) is 71.4 cm³/mol. The molecule has 5 nitrogen and oxygen atoms in total. The minimum absolute atomic E-state index is 0.0619. The topological polar surface area (TPSA) is 75.6 Å². The standard InChI is InChI=1S/C14H18FNO4/c1-14(2,7-6-12(17)18)16-13(19)10-8-9(15)4-5-11(10)20-3/h4-5,8H,6-7H2,1-3H3,(H,16,19)(H,17,18). The summed E-state index contributed by atoms with van der Waals surface area (Å²) in [4.78, 5) is 22.7. The van der Waals surface area contributed by atoms with E-state index in [1.807, 2.05) is 0 Å². The summed E-state index contributed by atoms with van der Waals surface area (Å²) < 4.78 is 18.2. The number of halogens is 1. The Kier molecular flexibility index (Phi) is 5.07. The zero-order chi connectivity index (χ0) is 15.3. The Morgan fingerprint density at radius 2 is 2.05 bits per heavy atom.